The highest BCUT2D eigenvalue weighted by Crippen LogP contribution is 2.49. The average molecular weight is 160 g/mol. The number of rotatable bonds is 3. The summed E-state index contributed by atoms with van der Waals surface area (Å²) < 4.78 is 0. The van der Waals surface area contributed by atoms with Gasteiger partial charge in [-0.3, -0.25) is 0 Å². The van der Waals surface area contributed by atoms with E-state index in [1.165, 1.54) is 19.3 Å². The summed E-state index contributed by atoms with van der Waals surface area (Å²) in [7, 11) is 0. The summed E-state index contributed by atoms with van der Waals surface area (Å²) in [6, 6.07) is 10.9. The first-order valence-corrected chi connectivity index (χ1v) is 4.96. The Morgan fingerprint density at radius 3 is 2.67 bits per heavy atom. The molecule has 1 fully saturated rings. The molecule has 2 unspecified atom stereocenters. The summed E-state index contributed by atoms with van der Waals surface area (Å²) in [5, 5.41) is 0. The molecule has 1 aliphatic rings. The maximum absolute atomic E-state index is 2.28. The molecule has 0 spiro atoms. The van der Waals surface area contributed by atoms with Gasteiger partial charge >= 0.3 is 0 Å². The first-order chi connectivity index (χ1) is 5.92. The zero-order valence-electron chi connectivity index (χ0n) is 7.66. The molecule has 1 aromatic carbocycles. The second-order valence-corrected chi connectivity index (χ2v) is 3.80. The van der Waals surface area contributed by atoms with Crippen molar-refractivity contribution < 1.29 is 0 Å². The van der Waals surface area contributed by atoms with Gasteiger partial charge in [-0.25, -0.2) is 0 Å². The van der Waals surface area contributed by atoms with Crippen molar-refractivity contribution in [1.82, 2.24) is 0 Å². The van der Waals surface area contributed by atoms with Crippen LogP contribution in [0.5, 0.6) is 0 Å². The SMILES string of the molecule is CCCC1CC1c1ccccc1. The molecule has 0 bridgehead atoms. The smallest absolute Gasteiger partial charge is 0.0131 e. The summed E-state index contributed by atoms with van der Waals surface area (Å²) in [6.45, 7) is 2.28. The second-order valence-electron chi connectivity index (χ2n) is 3.80. The normalized spacial score (nSPS) is 27.1. The van der Waals surface area contributed by atoms with Gasteiger partial charge in [-0.05, 0) is 23.8 Å². The lowest BCUT2D eigenvalue weighted by atomic mass is 10.1. The van der Waals surface area contributed by atoms with Gasteiger partial charge in [0.1, 0.15) is 0 Å². The predicted molar refractivity (Wildman–Crippen MR) is 52.2 cm³/mol. The summed E-state index contributed by atoms with van der Waals surface area (Å²) in [5.74, 6) is 1.89. The molecule has 1 aliphatic carbocycles. The molecule has 0 radical (unpaired) electrons. The van der Waals surface area contributed by atoms with Gasteiger partial charge < -0.3 is 0 Å². The predicted octanol–water partition coefficient (Wildman–Crippen LogP) is 3.59. The van der Waals surface area contributed by atoms with Crippen molar-refractivity contribution in [1.29, 1.82) is 0 Å². The van der Waals surface area contributed by atoms with Gasteiger partial charge in [0.25, 0.3) is 0 Å². The second kappa shape index (κ2) is 3.30. The molecule has 12 heavy (non-hydrogen) atoms. The molecule has 0 nitrogen and oxygen atoms in total. The van der Waals surface area contributed by atoms with E-state index in [1.54, 1.807) is 5.56 Å². The van der Waals surface area contributed by atoms with Crippen molar-refractivity contribution in [2.75, 3.05) is 0 Å². The molecule has 2 rings (SSSR count). The lowest BCUT2D eigenvalue weighted by molar-refractivity contribution is 0.687. The molecule has 64 valence electrons. The topological polar surface area (TPSA) is 0 Å². The van der Waals surface area contributed by atoms with Crippen LogP contribution in [0, 0.1) is 5.92 Å². The Morgan fingerprint density at radius 2 is 2.00 bits per heavy atom. The Hall–Kier alpha value is -0.780. The van der Waals surface area contributed by atoms with Crippen molar-refractivity contribution in [3.05, 3.63) is 35.9 Å². The van der Waals surface area contributed by atoms with Gasteiger partial charge in [-0.2, -0.15) is 0 Å². The summed E-state index contributed by atoms with van der Waals surface area (Å²) in [6.07, 6.45) is 4.19. The Bertz CT molecular complexity index is 237. The average Bonchev–Trinajstić information content (AvgIpc) is 2.87. The van der Waals surface area contributed by atoms with Gasteiger partial charge in [0.05, 0.1) is 0 Å². The highest BCUT2D eigenvalue weighted by atomic mass is 14.4. The minimum absolute atomic E-state index is 0.895. The third kappa shape index (κ3) is 1.52. The molecule has 0 saturated heterocycles. The fraction of sp³-hybridized carbons (Fsp3) is 0.500. The third-order valence-electron chi connectivity index (χ3n) is 2.81. The van der Waals surface area contributed by atoms with Crippen LogP contribution in [0.4, 0.5) is 0 Å². The van der Waals surface area contributed by atoms with E-state index in [-0.39, 0.29) is 0 Å². The summed E-state index contributed by atoms with van der Waals surface area (Å²) in [4.78, 5) is 0. The quantitative estimate of drug-likeness (QED) is 0.634. The van der Waals surface area contributed by atoms with Crippen molar-refractivity contribution >= 4 is 0 Å². The van der Waals surface area contributed by atoms with Crippen LogP contribution in [0.15, 0.2) is 30.3 Å². The van der Waals surface area contributed by atoms with Gasteiger partial charge in [-0.15, -0.1) is 0 Å². The van der Waals surface area contributed by atoms with Crippen LogP contribution in [0.25, 0.3) is 0 Å². The molecule has 2 atom stereocenters. The van der Waals surface area contributed by atoms with Crippen LogP contribution in [-0.2, 0) is 0 Å². The van der Waals surface area contributed by atoms with Crippen LogP contribution >= 0.6 is 0 Å². The van der Waals surface area contributed by atoms with E-state index in [9.17, 15) is 0 Å². The van der Waals surface area contributed by atoms with E-state index >= 15 is 0 Å². The summed E-state index contributed by atoms with van der Waals surface area (Å²) in [5.41, 5.74) is 1.55. The van der Waals surface area contributed by atoms with E-state index in [0.717, 1.165) is 11.8 Å². The molecular formula is C12H16. The molecule has 1 saturated carbocycles. The molecule has 0 aliphatic heterocycles. The molecule has 0 heterocycles. The summed E-state index contributed by atoms with van der Waals surface area (Å²) >= 11 is 0. The van der Waals surface area contributed by atoms with Crippen molar-refractivity contribution in [3.8, 4) is 0 Å². The van der Waals surface area contributed by atoms with Crippen molar-refractivity contribution in [2.45, 2.75) is 32.1 Å². The Kier molecular flexibility index (Phi) is 2.16. The lowest BCUT2D eigenvalue weighted by Gasteiger charge is -1.97. The minimum Gasteiger partial charge on any atom is -0.0654 e. The van der Waals surface area contributed by atoms with Crippen LogP contribution in [-0.4, -0.2) is 0 Å². The Morgan fingerprint density at radius 1 is 1.25 bits per heavy atom. The molecule has 0 heteroatoms. The number of hydrogen-bond donors (Lipinski definition) is 0. The Balaban J connectivity index is 1.97. The standard InChI is InChI=1S/C12H16/c1-2-6-11-9-12(11)10-7-4-3-5-8-10/h3-5,7-8,11-12H,2,6,9H2,1H3. The molecular weight excluding hydrogens is 144 g/mol. The van der Waals surface area contributed by atoms with Crippen molar-refractivity contribution in [3.63, 3.8) is 0 Å². The van der Waals surface area contributed by atoms with Crippen LogP contribution < -0.4 is 0 Å². The van der Waals surface area contributed by atoms with Crippen molar-refractivity contribution in [2.24, 2.45) is 5.92 Å². The molecule has 0 aromatic heterocycles. The van der Waals surface area contributed by atoms with E-state index in [2.05, 4.69) is 37.3 Å². The van der Waals surface area contributed by atoms with Crippen LogP contribution in [0.2, 0.25) is 0 Å². The minimum atomic E-state index is 0.895. The monoisotopic (exact) mass is 160 g/mol. The lowest BCUT2D eigenvalue weighted by Crippen LogP contribution is -1.81. The fourth-order valence-electron chi connectivity index (χ4n) is 2.05. The van der Waals surface area contributed by atoms with Gasteiger partial charge in [0, 0.05) is 0 Å². The first kappa shape index (κ1) is 7.85. The van der Waals surface area contributed by atoms with E-state index in [1.807, 2.05) is 0 Å². The molecule has 1 aromatic rings. The maximum atomic E-state index is 2.28. The van der Waals surface area contributed by atoms with E-state index < -0.39 is 0 Å². The highest BCUT2D eigenvalue weighted by Gasteiger charge is 2.36. The largest absolute Gasteiger partial charge is 0.0654 e. The van der Waals surface area contributed by atoms with Crippen LogP contribution in [0.1, 0.15) is 37.7 Å². The first-order valence-electron chi connectivity index (χ1n) is 4.96. The number of hydrogen-bond acceptors (Lipinski definition) is 0. The van der Waals surface area contributed by atoms with Gasteiger partial charge in [0.2, 0.25) is 0 Å². The Labute approximate surface area is 74.6 Å². The zero-order chi connectivity index (χ0) is 8.39. The van der Waals surface area contributed by atoms with E-state index in [4.69, 9.17) is 0 Å². The van der Waals surface area contributed by atoms with Gasteiger partial charge in [-0.1, -0.05) is 50.1 Å². The highest BCUT2D eigenvalue weighted by molar-refractivity contribution is 5.25. The molecule has 0 N–H and O–H groups in total. The van der Waals surface area contributed by atoms with Crippen LogP contribution in [0.3, 0.4) is 0 Å². The van der Waals surface area contributed by atoms with E-state index in [0.29, 0.717) is 0 Å². The number of benzene rings is 1. The third-order valence-corrected chi connectivity index (χ3v) is 2.81. The zero-order valence-corrected chi connectivity index (χ0v) is 7.66. The van der Waals surface area contributed by atoms with Gasteiger partial charge in [0.15, 0.2) is 0 Å². The maximum Gasteiger partial charge on any atom is -0.0131 e. The molecule has 0 amide bonds. The fourth-order valence-corrected chi connectivity index (χ4v) is 2.05.